The average molecular weight is 332 g/mol. The van der Waals surface area contributed by atoms with Crippen LogP contribution >= 0.6 is 11.5 Å². The molecule has 0 radical (unpaired) electrons. The molecule has 0 aromatic carbocycles. The Morgan fingerprint density at radius 2 is 2.00 bits per heavy atom. The van der Waals surface area contributed by atoms with E-state index in [9.17, 15) is 8.42 Å². The molecule has 21 heavy (non-hydrogen) atoms. The van der Waals surface area contributed by atoms with Crippen molar-refractivity contribution in [3.63, 3.8) is 0 Å². The molecule has 0 atom stereocenters. The number of nitrogens with zero attached hydrogens (tertiary/aromatic N) is 3. The lowest BCUT2D eigenvalue weighted by Gasteiger charge is -2.25. The minimum atomic E-state index is -3.57. The lowest BCUT2D eigenvalue weighted by Crippen LogP contribution is -2.30. The molecule has 0 amide bonds. The fraction of sp³-hybridized carbons (Fsp3) is 0.769. The van der Waals surface area contributed by atoms with E-state index in [2.05, 4.69) is 23.1 Å². The predicted octanol–water partition coefficient (Wildman–Crippen LogP) is 1.99. The van der Waals surface area contributed by atoms with Crippen LogP contribution in [0.25, 0.3) is 0 Å². The summed E-state index contributed by atoms with van der Waals surface area (Å²) in [5.41, 5.74) is 5.85. The van der Waals surface area contributed by atoms with Gasteiger partial charge in [-0.3, -0.25) is 0 Å². The van der Waals surface area contributed by atoms with Crippen molar-refractivity contribution in [3.8, 4) is 0 Å². The molecule has 1 aromatic rings. The molecule has 6 nitrogen and oxygen atoms in total. The van der Waals surface area contributed by atoms with Gasteiger partial charge in [-0.2, -0.15) is 4.37 Å². The summed E-state index contributed by atoms with van der Waals surface area (Å²) in [6.45, 7) is 5.19. The van der Waals surface area contributed by atoms with Crippen molar-refractivity contribution in [3.05, 3.63) is 0 Å². The lowest BCUT2D eigenvalue weighted by atomic mass is 10.1. The average Bonchev–Trinajstić information content (AvgIpc) is 3.12. The van der Waals surface area contributed by atoms with Gasteiger partial charge in [0.25, 0.3) is 0 Å². The van der Waals surface area contributed by atoms with E-state index in [0.29, 0.717) is 17.0 Å². The zero-order chi connectivity index (χ0) is 15.8. The summed E-state index contributed by atoms with van der Waals surface area (Å²) in [7, 11) is -0.530. The first-order valence-electron chi connectivity index (χ1n) is 7.19. The van der Waals surface area contributed by atoms with Crippen LogP contribution in [0.2, 0.25) is 0 Å². The molecular formula is C13H24N4O2S2. The Hall–Kier alpha value is -0.860. The molecule has 2 N–H and O–H groups in total. The summed E-state index contributed by atoms with van der Waals surface area (Å²) in [4.78, 5) is 2.36. The maximum Gasteiger partial charge on any atom is 0.249 e. The number of sulfonamides is 1. The maximum atomic E-state index is 12.5. The first-order valence-corrected chi connectivity index (χ1v) is 9.40. The van der Waals surface area contributed by atoms with Crippen molar-refractivity contribution in [1.29, 1.82) is 0 Å². The SMILES string of the molecule is CC(C)CCN(c1snc(N)c1S(=O)(=O)N(C)C)C1CC1. The van der Waals surface area contributed by atoms with E-state index in [0.717, 1.165) is 25.8 Å². The van der Waals surface area contributed by atoms with Crippen LogP contribution in [0.5, 0.6) is 0 Å². The maximum absolute atomic E-state index is 12.5. The smallest absolute Gasteiger partial charge is 0.249 e. The second-order valence-corrected chi connectivity index (χ2v) is 8.94. The van der Waals surface area contributed by atoms with Gasteiger partial charge in [0.15, 0.2) is 10.7 Å². The number of nitrogen functional groups attached to an aromatic ring is 1. The van der Waals surface area contributed by atoms with Gasteiger partial charge in [-0.05, 0) is 36.7 Å². The monoisotopic (exact) mass is 332 g/mol. The Morgan fingerprint density at radius 1 is 1.38 bits per heavy atom. The lowest BCUT2D eigenvalue weighted by molar-refractivity contribution is 0.520. The number of anilines is 2. The Labute approximate surface area is 131 Å². The molecule has 2 rings (SSSR count). The van der Waals surface area contributed by atoms with Crippen LogP contribution in [0.15, 0.2) is 4.90 Å². The molecule has 1 aliphatic rings. The van der Waals surface area contributed by atoms with E-state index >= 15 is 0 Å². The molecule has 8 heteroatoms. The molecule has 1 aromatic heterocycles. The quantitative estimate of drug-likeness (QED) is 0.826. The number of hydrogen-bond donors (Lipinski definition) is 1. The summed E-state index contributed by atoms with van der Waals surface area (Å²) < 4.78 is 30.3. The summed E-state index contributed by atoms with van der Waals surface area (Å²) in [6, 6.07) is 0.430. The summed E-state index contributed by atoms with van der Waals surface area (Å²) >= 11 is 1.19. The zero-order valence-corrected chi connectivity index (χ0v) is 14.7. The fourth-order valence-corrected chi connectivity index (χ4v) is 4.43. The van der Waals surface area contributed by atoms with Crippen LogP contribution < -0.4 is 10.6 Å². The van der Waals surface area contributed by atoms with Gasteiger partial charge in [-0.1, -0.05) is 13.8 Å². The molecule has 0 unspecified atom stereocenters. The molecule has 0 aliphatic heterocycles. The highest BCUT2D eigenvalue weighted by Gasteiger charge is 2.36. The number of hydrogen-bond acceptors (Lipinski definition) is 6. The van der Waals surface area contributed by atoms with Gasteiger partial charge in [0.1, 0.15) is 5.00 Å². The Bertz CT molecular complexity index is 591. The van der Waals surface area contributed by atoms with Crippen molar-refractivity contribution in [2.45, 2.75) is 44.0 Å². The summed E-state index contributed by atoms with van der Waals surface area (Å²) in [5, 5.41) is 0.698. The molecule has 0 bridgehead atoms. The van der Waals surface area contributed by atoms with Gasteiger partial charge >= 0.3 is 0 Å². The predicted molar refractivity (Wildman–Crippen MR) is 87.2 cm³/mol. The van der Waals surface area contributed by atoms with Crippen LogP contribution in [0.4, 0.5) is 10.8 Å². The molecule has 1 aliphatic carbocycles. The van der Waals surface area contributed by atoms with Gasteiger partial charge in [0, 0.05) is 26.7 Å². The van der Waals surface area contributed by atoms with E-state index in [1.165, 1.54) is 29.9 Å². The highest BCUT2D eigenvalue weighted by atomic mass is 32.2. The zero-order valence-electron chi connectivity index (χ0n) is 13.0. The summed E-state index contributed by atoms with van der Waals surface area (Å²) in [6.07, 6.45) is 3.24. The van der Waals surface area contributed by atoms with Crippen LogP contribution in [0.1, 0.15) is 33.1 Å². The number of aromatic nitrogens is 1. The first kappa shape index (κ1) is 16.5. The minimum absolute atomic E-state index is 0.110. The minimum Gasteiger partial charge on any atom is -0.382 e. The van der Waals surface area contributed by atoms with Crippen molar-refractivity contribution >= 4 is 32.4 Å². The van der Waals surface area contributed by atoms with E-state index in [1.54, 1.807) is 0 Å². The van der Waals surface area contributed by atoms with Crippen molar-refractivity contribution < 1.29 is 8.42 Å². The normalized spacial score (nSPS) is 15.9. The van der Waals surface area contributed by atoms with Crippen LogP contribution in [0.3, 0.4) is 0 Å². The molecule has 1 saturated carbocycles. The second kappa shape index (κ2) is 6.10. The van der Waals surface area contributed by atoms with Gasteiger partial charge in [0.05, 0.1) is 0 Å². The number of rotatable bonds is 7. The second-order valence-electron chi connectivity index (χ2n) is 6.10. The highest BCUT2D eigenvalue weighted by molar-refractivity contribution is 7.89. The molecule has 1 heterocycles. The van der Waals surface area contributed by atoms with Gasteiger partial charge in [0.2, 0.25) is 10.0 Å². The van der Waals surface area contributed by atoms with Gasteiger partial charge in [-0.15, -0.1) is 0 Å². The molecule has 1 fully saturated rings. The summed E-state index contributed by atoms with van der Waals surface area (Å²) in [5.74, 6) is 0.685. The van der Waals surface area contributed by atoms with Gasteiger partial charge in [-0.25, -0.2) is 12.7 Å². The van der Waals surface area contributed by atoms with Crippen molar-refractivity contribution in [1.82, 2.24) is 8.68 Å². The standard InChI is InChI=1S/C13H24N4O2S2/c1-9(2)7-8-17(10-5-6-10)13-11(12(14)15-20-13)21(18,19)16(3)4/h9-10H,5-8H2,1-4H3,(H2,14,15). The third kappa shape index (κ3) is 3.49. The molecule has 0 saturated heterocycles. The Kier molecular flexibility index (Phi) is 4.79. The Balaban J connectivity index is 2.38. The van der Waals surface area contributed by atoms with Crippen molar-refractivity contribution in [2.24, 2.45) is 5.92 Å². The van der Waals surface area contributed by atoms with Crippen molar-refractivity contribution in [2.75, 3.05) is 31.3 Å². The van der Waals surface area contributed by atoms with Gasteiger partial charge < -0.3 is 10.6 Å². The third-order valence-corrected chi connectivity index (χ3v) is 6.50. The Morgan fingerprint density at radius 3 is 2.48 bits per heavy atom. The molecule has 0 spiro atoms. The third-order valence-electron chi connectivity index (χ3n) is 3.59. The largest absolute Gasteiger partial charge is 0.382 e. The number of nitrogens with two attached hydrogens (primary N) is 1. The highest BCUT2D eigenvalue weighted by Crippen LogP contribution is 2.41. The first-order chi connectivity index (χ1) is 9.75. The molecular weight excluding hydrogens is 308 g/mol. The molecule has 120 valence electrons. The van der Waals surface area contributed by atoms with Crippen LogP contribution in [-0.2, 0) is 10.0 Å². The van der Waals surface area contributed by atoms with E-state index < -0.39 is 10.0 Å². The van der Waals surface area contributed by atoms with Crippen LogP contribution in [-0.4, -0.2) is 43.8 Å². The van der Waals surface area contributed by atoms with E-state index in [1.807, 2.05) is 0 Å². The van der Waals surface area contributed by atoms with E-state index in [-0.39, 0.29) is 10.7 Å². The fourth-order valence-electron chi connectivity index (χ4n) is 2.13. The van der Waals surface area contributed by atoms with E-state index in [4.69, 9.17) is 5.73 Å². The topological polar surface area (TPSA) is 79.5 Å². The van der Waals surface area contributed by atoms with Crippen LogP contribution in [0, 0.1) is 5.92 Å².